The number of para-hydroxylation sites is 1. The lowest BCUT2D eigenvalue weighted by molar-refractivity contribution is -0.128. The molecule has 3 aromatic carbocycles. The number of carbonyl (C=O) groups is 2. The maximum Gasteiger partial charge on any atom is 0.258 e. The first-order chi connectivity index (χ1) is 15.7. The minimum atomic E-state index is 0.00563. The highest BCUT2D eigenvalue weighted by molar-refractivity contribution is 8.00. The van der Waals surface area contributed by atoms with Crippen LogP contribution < -0.4 is 4.90 Å². The zero-order valence-electron chi connectivity index (χ0n) is 17.9. The van der Waals surface area contributed by atoms with Gasteiger partial charge in [0.15, 0.2) is 0 Å². The van der Waals surface area contributed by atoms with Crippen molar-refractivity contribution in [3.05, 3.63) is 101 Å². The van der Waals surface area contributed by atoms with Crippen LogP contribution in [0.25, 0.3) is 0 Å². The molecule has 2 amide bonds. The van der Waals surface area contributed by atoms with Gasteiger partial charge in [-0.1, -0.05) is 60.7 Å². The molecule has 0 spiro atoms. The van der Waals surface area contributed by atoms with Gasteiger partial charge in [-0.2, -0.15) is 0 Å². The Kier molecular flexibility index (Phi) is 5.99. The number of rotatable bonds is 5. The van der Waals surface area contributed by atoms with Crippen molar-refractivity contribution in [3.8, 4) is 0 Å². The molecule has 2 aliphatic heterocycles. The summed E-state index contributed by atoms with van der Waals surface area (Å²) in [5.74, 6) is 0.728. The van der Waals surface area contributed by atoms with E-state index in [2.05, 4.69) is 18.2 Å². The number of hydrogen-bond donors (Lipinski definition) is 0. The molecule has 0 aliphatic carbocycles. The second-order valence-corrected chi connectivity index (χ2v) is 9.37. The van der Waals surface area contributed by atoms with Gasteiger partial charge >= 0.3 is 0 Å². The predicted octanol–water partition coefficient (Wildman–Crippen LogP) is 5.10. The quantitative estimate of drug-likeness (QED) is 0.552. The summed E-state index contributed by atoms with van der Waals surface area (Å²) in [7, 11) is 0. The zero-order valence-corrected chi connectivity index (χ0v) is 18.8. The van der Waals surface area contributed by atoms with E-state index in [1.807, 2.05) is 70.5 Å². The third kappa shape index (κ3) is 4.17. The molecule has 0 bridgehead atoms. The van der Waals surface area contributed by atoms with Crippen molar-refractivity contribution in [1.82, 2.24) is 4.90 Å². The molecule has 4 nitrogen and oxygen atoms in total. The molecule has 0 N–H and O–H groups in total. The zero-order chi connectivity index (χ0) is 21.9. The first-order valence-corrected chi connectivity index (χ1v) is 12.2. The van der Waals surface area contributed by atoms with E-state index in [0.717, 1.165) is 37.1 Å². The summed E-state index contributed by atoms with van der Waals surface area (Å²) < 4.78 is 0. The molecule has 2 heterocycles. The van der Waals surface area contributed by atoms with Crippen molar-refractivity contribution < 1.29 is 9.59 Å². The van der Waals surface area contributed by atoms with Crippen LogP contribution in [0.3, 0.4) is 0 Å². The summed E-state index contributed by atoms with van der Waals surface area (Å²) in [5.41, 5.74) is 5.26. The highest BCUT2D eigenvalue weighted by atomic mass is 32.2. The smallest absolute Gasteiger partial charge is 0.258 e. The highest BCUT2D eigenvalue weighted by Crippen LogP contribution is 2.39. The topological polar surface area (TPSA) is 40.6 Å². The van der Waals surface area contributed by atoms with Gasteiger partial charge in [0.25, 0.3) is 5.91 Å². The lowest BCUT2D eigenvalue weighted by atomic mass is 10.0. The van der Waals surface area contributed by atoms with Crippen molar-refractivity contribution in [2.75, 3.05) is 23.7 Å². The highest BCUT2D eigenvalue weighted by Gasteiger charge is 2.32. The Morgan fingerprint density at radius 3 is 2.50 bits per heavy atom. The van der Waals surface area contributed by atoms with Gasteiger partial charge in [-0.25, -0.2) is 0 Å². The molecule has 32 heavy (non-hydrogen) atoms. The van der Waals surface area contributed by atoms with E-state index in [4.69, 9.17) is 0 Å². The van der Waals surface area contributed by atoms with Gasteiger partial charge in [0.2, 0.25) is 5.91 Å². The van der Waals surface area contributed by atoms with Crippen molar-refractivity contribution in [3.63, 3.8) is 0 Å². The van der Waals surface area contributed by atoms with Crippen LogP contribution in [0.5, 0.6) is 0 Å². The average Bonchev–Trinajstić information content (AvgIpc) is 3.23. The van der Waals surface area contributed by atoms with Gasteiger partial charge in [-0.05, 0) is 54.2 Å². The normalized spacial score (nSPS) is 18.0. The van der Waals surface area contributed by atoms with Crippen LogP contribution in [0.2, 0.25) is 0 Å². The molecule has 1 atom stereocenters. The summed E-state index contributed by atoms with van der Waals surface area (Å²) in [6.07, 6.45) is 2.84. The molecule has 2 aliphatic rings. The number of fused-ring (bicyclic) bond motifs is 1. The van der Waals surface area contributed by atoms with Gasteiger partial charge in [0.05, 0.1) is 5.75 Å². The fourth-order valence-electron chi connectivity index (χ4n) is 4.56. The van der Waals surface area contributed by atoms with Gasteiger partial charge < -0.3 is 9.80 Å². The van der Waals surface area contributed by atoms with E-state index in [0.29, 0.717) is 17.9 Å². The Morgan fingerprint density at radius 2 is 1.69 bits per heavy atom. The number of nitrogens with zero attached hydrogens (tertiary/aromatic N) is 2. The predicted molar refractivity (Wildman–Crippen MR) is 130 cm³/mol. The fraction of sp³-hybridized carbons (Fsp3) is 0.259. The van der Waals surface area contributed by atoms with Gasteiger partial charge in [0.1, 0.15) is 5.37 Å². The first kappa shape index (κ1) is 20.8. The number of anilines is 1. The molecule has 162 valence electrons. The monoisotopic (exact) mass is 442 g/mol. The van der Waals surface area contributed by atoms with E-state index in [9.17, 15) is 9.59 Å². The second kappa shape index (κ2) is 9.21. The number of carbonyl (C=O) groups excluding carboxylic acids is 2. The Morgan fingerprint density at radius 1 is 0.938 bits per heavy atom. The molecule has 1 fully saturated rings. The largest absolute Gasteiger partial charge is 0.326 e. The third-order valence-electron chi connectivity index (χ3n) is 6.25. The van der Waals surface area contributed by atoms with E-state index < -0.39 is 0 Å². The van der Waals surface area contributed by atoms with E-state index in [-0.39, 0.29) is 17.2 Å². The Bertz CT molecular complexity index is 1110. The fourth-order valence-corrected chi connectivity index (χ4v) is 5.78. The minimum absolute atomic E-state index is 0.00563. The number of benzene rings is 3. The van der Waals surface area contributed by atoms with Gasteiger partial charge in [0, 0.05) is 24.3 Å². The lowest BCUT2D eigenvalue weighted by Crippen LogP contribution is -2.35. The van der Waals surface area contributed by atoms with Crippen molar-refractivity contribution in [2.45, 2.75) is 24.6 Å². The van der Waals surface area contributed by atoms with E-state index in [1.54, 1.807) is 11.8 Å². The summed E-state index contributed by atoms with van der Waals surface area (Å²) >= 11 is 1.66. The van der Waals surface area contributed by atoms with Crippen LogP contribution in [-0.2, 0) is 17.6 Å². The summed E-state index contributed by atoms with van der Waals surface area (Å²) in [5, 5.41) is 0.00563. The summed E-state index contributed by atoms with van der Waals surface area (Å²) in [6, 6.07) is 26.3. The Labute approximate surface area is 193 Å². The molecular formula is C27H26N2O2S. The maximum atomic E-state index is 13.2. The van der Waals surface area contributed by atoms with Crippen molar-refractivity contribution in [1.29, 1.82) is 0 Å². The van der Waals surface area contributed by atoms with Crippen LogP contribution in [0.15, 0.2) is 78.9 Å². The van der Waals surface area contributed by atoms with Crippen LogP contribution in [-0.4, -0.2) is 35.6 Å². The van der Waals surface area contributed by atoms with Crippen LogP contribution in [0.1, 0.15) is 38.8 Å². The van der Waals surface area contributed by atoms with E-state index in [1.165, 1.54) is 11.1 Å². The molecule has 5 rings (SSSR count). The van der Waals surface area contributed by atoms with E-state index >= 15 is 0 Å². The average molecular weight is 443 g/mol. The Balaban J connectivity index is 1.31. The molecule has 1 saturated heterocycles. The van der Waals surface area contributed by atoms with Gasteiger partial charge in [-0.15, -0.1) is 11.8 Å². The molecular weight excluding hydrogens is 416 g/mol. The summed E-state index contributed by atoms with van der Waals surface area (Å²) in [4.78, 5) is 29.6. The van der Waals surface area contributed by atoms with Gasteiger partial charge in [-0.3, -0.25) is 9.59 Å². The van der Waals surface area contributed by atoms with Crippen LogP contribution in [0, 0.1) is 0 Å². The molecule has 0 saturated carbocycles. The molecule has 0 radical (unpaired) electrons. The standard InChI is InChI=1S/C27H26N2O2S/c30-25-19-32-27(29(25)18-16-20-7-2-1-3-8-20)23-14-12-22(13-15-23)26(31)28-17-6-10-21-9-4-5-11-24(21)28/h1-5,7-9,11-15,27H,6,10,16-19H2/t27-/m1/s1. The Hall–Kier alpha value is -3.05. The minimum Gasteiger partial charge on any atom is -0.326 e. The number of aryl methyl sites for hydroxylation is 1. The number of hydrogen-bond acceptors (Lipinski definition) is 3. The van der Waals surface area contributed by atoms with Crippen LogP contribution in [0.4, 0.5) is 5.69 Å². The molecule has 3 aromatic rings. The molecule has 0 aromatic heterocycles. The van der Waals surface area contributed by atoms with Crippen LogP contribution >= 0.6 is 11.8 Å². The number of amides is 2. The summed E-state index contributed by atoms with van der Waals surface area (Å²) in [6.45, 7) is 1.45. The number of thioether (sulfide) groups is 1. The first-order valence-electron chi connectivity index (χ1n) is 11.2. The molecule has 0 unspecified atom stereocenters. The lowest BCUT2D eigenvalue weighted by Gasteiger charge is -2.29. The van der Waals surface area contributed by atoms with Crippen molar-refractivity contribution in [2.24, 2.45) is 0 Å². The second-order valence-electron chi connectivity index (χ2n) is 8.30. The third-order valence-corrected chi connectivity index (χ3v) is 7.51. The SMILES string of the molecule is O=C(c1ccc([C@H]2SCC(=O)N2CCc2ccccc2)cc1)N1CCCc2ccccc21. The molecule has 5 heteroatoms. The van der Waals surface area contributed by atoms with Crippen molar-refractivity contribution >= 4 is 29.3 Å². The maximum absolute atomic E-state index is 13.2.